The quantitative estimate of drug-likeness (QED) is 0.816. The molecule has 3 rings (SSSR count). The van der Waals surface area contributed by atoms with E-state index in [-0.39, 0.29) is 0 Å². The van der Waals surface area contributed by atoms with Gasteiger partial charge in [0.25, 0.3) is 0 Å². The SMILES string of the molecule is Cc1cccc(C2CC(NC3CCCCC3C(C)C)C2)c1. The monoisotopic (exact) mass is 285 g/mol. The molecule has 0 saturated heterocycles. The Morgan fingerprint density at radius 1 is 1.10 bits per heavy atom. The van der Waals surface area contributed by atoms with E-state index in [9.17, 15) is 0 Å². The van der Waals surface area contributed by atoms with Crippen LogP contribution in [0, 0.1) is 18.8 Å². The Hall–Kier alpha value is -0.820. The van der Waals surface area contributed by atoms with Crippen molar-refractivity contribution in [2.24, 2.45) is 11.8 Å². The van der Waals surface area contributed by atoms with Gasteiger partial charge in [-0.05, 0) is 55.9 Å². The first-order chi connectivity index (χ1) is 10.1. The van der Waals surface area contributed by atoms with Crippen LogP contribution >= 0.6 is 0 Å². The zero-order valence-corrected chi connectivity index (χ0v) is 13.9. The lowest BCUT2D eigenvalue weighted by Gasteiger charge is -2.43. The number of hydrogen-bond donors (Lipinski definition) is 1. The minimum Gasteiger partial charge on any atom is -0.311 e. The molecule has 0 bridgehead atoms. The van der Waals surface area contributed by atoms with Crippen LogP contribution in [-0.4, -0.2) is 12.1 Å². The molecule has 1 aromatic rings. The van der Waals surface area contributed by atoms with Gasteiger partial charge in [0.05, 0.1) is 0 Å². The Morgan fingerprint density at radius 3 is 2.57 bits per heavy atom. The molecule has 1 nitrogen and oxygen atoms in total. The van der Waals surface area contributed by atoms with Crippen molar-refractivity contribution >= 4 is 0 Å². The first kappa shape index (κ1) is 15.1. The van der Waals surface area contributed by atoms with E-state index in [1.165, 1.54) is 44.1 Å². The zero-order chi connectivity index (χ0) is 14.8. The van der Waals surface area contributed by atoms with Crippen LogP contribution in [0.5, 0.6) is 0 Å². The Kier molecular flexibility index (Phi) is 4.69. The average molecular weight is 285 g/mol. The van der Waals surface area contributed by atoms with E-state index in [1.54, 1.807) is 5.56 Å². The number of aryl methyl sites for hydroxylation is 1. The smallest absolute Gasteiger partial charge is 0.0100 e. The molecule has 1 aromatic carbocycles. The fourth-order valence-electron chi connectivity index (χ4n) is 4.42. The molecule has 0 aliphatic heterocycles. The number of benzene rings is 1. The Bertz CT molecular complexity index is 459. The van der Waals surface area contributed by atoms with Crippen LogP contribution in [0.2, 0.25) is 0 Å². The second-order valence-corrected chi connectivity index (χ2v) is 7.74. The van der Waals surface area contributed by atoms with Crippen molar-refractivity contribution in [2.45, 2.75) is 77.3 Å². The van der Waals surface area contributed by atoms with Crippen molar-refractivity contribution < 1.29 is 0 Å². The maximum atomic E-state index is 4.00. The third-order valence-electron chi connectivity index (χ3n) is 5.78. The highest BCUT2D eigenvalue weighted by atomic mass is 15.0. The summed E-state index contributed by atoms with van der Waals surface area (Å²) >= 11 is 0. The highest BCUT2D eigenvalue weighted by Gasteiger charge is 2.35. The standard InChI is InChI=1S/C20H31N/c1-14(2)19-9-4-5-10-20(19)21-18-12-17(13-18)16-8-6-7-15(3)11-16/h6-8,11,14,17-21H,4-5,9-10,12-13H2,1-3H3. The minimum atomic E-state index is 0.764. The first-order valence-corrected chi connectivity index (χ1v) is 8.96. The molecule has 0 spiro atoms. The summed E-state index contributed by atoms with van der Waals surface area (Å²) in [6.07, 6.45) is 8.37. The molecule has 2 atom stereocenters. The molecule has 2 fully saturated rings. The topological polar surface area (TPSA) is 12.0 Å². The van der Waals surface area contributed by atoms with Crippen LogP contribution < -0.4 is 5.32 Å². The maximum absolute atomic E-state index is 4.00. The fourth-order valence-corrected chi connectivity index (χ4v) is 4.42. The van der Waals surface area contributed by atoms with Crippen LogP contribution in [0.3, 0.4) is 0 Å². The molecule has 0 aromatic heterocycles. The van der Waals surface area contributed by atoms with Gasteiger partial charge in [-0.3, -0.25) is 0 Å². The van der Waals surface area contributed by atoms with Crippen molar-refractivity contribution in [3.63, 3.8) is 0 Å². The van der Waals surface area contributed by atoms with Gasteiger partial charge in [-0.2, -0.15) is 0 Å². The molecule has 2 unspecified atom stereocenters. The number of rotatable bonds is 4. The van der Waals surface area contributed by atoms with Gasteiger partial charge in [0.1, 0.15) is 0 Å². The molecule has 1 heteroatoms. The molecule has 116 valence electrons. The summed E-state index contributed by atoms with van der Waals surface area (Å²) < 4.78 is 0. The molecule has 2 aliphatic rings. The summed E-state index contributed by atoms with van der Waals surface area (Å²) in [5.41, 5.74) is 2.95. The molecule has 0 heterocycles. The zero-order valence-electron chi connectivity index (χ0n) is 13.9. The van der Waals surface area contributed by atoms with Crippen LogP contribution in [0.4, 0.5) is 0 Å². The predicted octanol–water partition coefficient (Wildman–Crippen LogP) is 5.05. The largest absolute Gasteiger partial charge is 0.311 e. The van der Waals surface area contributed by atoms with Gasteiger partial charge in [0, 0.05) is 12.1 Å². The summed E-state index contributed by atoms with van der Waals surface area (Å²) in [6, 6.07) is 10.6. The second kappa shape index (κ2) is 6.52. The van der Waals surface area contributed by atoms with E-state index in [0.717, 1.165) is 29.8 Å². The van der Waals surface area contributed by atoms with Gasteiger partial charge < -0.3 is 5.32 Å². The van der Waals surface area contributed by atoms with Crippen molar-refractivity contribution in [3.8, 4) is 0 Å². The minimum absolute atomic E-state index is 0.764. The van der Waals surface area contributed by atoms with Gasteiger partial charge in [-0.15, -0.1) is 0 Å². The molecule has 2 saturated carbocycles. The molecule has 1 N–H and O–H groups in total. The van der Waals surface area contributed by atoms with Crippen LogP contribution in [0.1, 0.15) is 69.4 Å². The van der Waals surface area contributed by atoms with E-state index in [0.29, 0.717) is 0 Å². The normalized spacial score (nSPS) is 33.0. The van der Waals surface area contributed by atoms with Crippen molar-refractivity contribution in [1.29, 1.82) is 0 Å². The summed E-state index contributed by atoms with van der Waals surface area (Å²) in [5.74, 6) is 2.52. The summed E-state index contributed by atoms with van der Waals surface area (Å²) in [5, 5.41) is 4.00. The molecule has 2 aliphatic carbocycles. The molecule has 0 amide bonds. The fraction of sp³-hybridized carbons (Fsp3) is 0.700. The van der Waals surface area contributed by atoms with E-state index >= 15 is 0 Å². The summed E-state index contributed by atoms with van der Waals surface area (Å²) in [6.45, 7) is 7.01. The van der Waals surface area contributed by atoms with E-state index in [4.69, 9.17) is 0 Å². The molecular formula is C20H31N. The highest BCUT2D eigenvalue weighted by Crippen LogP contribution is 2.39. The Labute approximate surface area is 130 Å². The number of nitrogens with one attached hydrogen (secondary N) is 1. The number of hydrogen-bond acceptors (Lipinski definition) is 1. The average Bonchev–Trinajstić information content (AvgIpc) is 2.42. The lowest BCUT2D eigenvalue weighted by Crippen LogP contribution is -2.50. The van der Waals surface area contributed by atoms with Crippen molar-refractivity contribution in [1.82, 2.24) is 5.32 Å². The van der Waals surface area contributed by atoms with E-state index in [2.05, 4.69) is 50.4 Å². The van der Waals surface area contributed by atoms with Crippen LogP contribution in [0.25, 0.3) is 0 Å². The predicted molar refractivity (Wildman–Crippen MR) is 90.7 cm³/mol. The molecule has 21 heavy (non-hydrogen) atoms. The lowest BCUT2D eigenvalue weighted by atomic mass is 9.73. The van der Waals surface area contributed by atoms with Gasteiger partial charge in [0.2, 0.25) is 0 Å². The van der Waals surface area contributed by atoms with E-state index < -0.39 is 0 Å². The maximum Gasteiger partial charge on any atom is 0.0100 e. The highest BCUT2D eigenvalue weighted by molar-refractivity contribution is 5.27. The van der Waals surface area contributed by atoms with Gasteiger partial charge in [-0.25, -0.2) is 0 Å². The van der Waals surface area contributed by atoms with Gasteiger partial charge in [0.15, 0.2) is 0 Å². The summed E-state index contributed by atoms with van der Waals surface area (Å²) in [4.78, 5) is 0. The molecule has 0 radical (unpaired) electrons. The Morgan fingerprint density at radius 2 is 1.86 bits per heavy atom. The Balaban J connectivity index is 1.52. The van der Waals surface area contributed by atoms with Crippen molar-refractivity contribution in [3.05, 3.63) is 35.4 Å². The lowest BCUT2D eigenvalue weighted by molar-refractivity contribution is 0.160. The van der Waals surface area contributed by atoms with Gasteiger partial charge >= 0.3 is 0 Å². The summed E-state index contributed by atoms with van der Waals surface area (Å²) in [7, 11) is 0. The second-order valence-electron chi connectivity index (χ2n) is 7.74. The third-order valence-corrected chi connectivity index (χ3v) is 5.78. The van der Waals surface area contributed by atoms with E-state index in [1.807, 2.05) is 0 Å². The third kappa shape index (κ3) is 3.51. The van der Waals surface area contributed by atoms with Crippen molar-refractivity contribution in [2.75, 3.05) is 0 Å². The van der Waals surface area contributed by atoms with Crippen LogP contribution in [-0.2, 0) is 0 Å². The first-order valence-electron chi connectivity index (χ1n) is 8.96. The molecular weight excluding hydrogens is 254 g/mol. The van der Waals surface area contributed by atoms with Crippen LogP contribution in [0.15, 0.2) is 24.3 Å². The van der Waals surface area contributed by atoms with Gasteiger partial charge in [-0.1, -0.05) is 56.5 Å².